The van der Waals surface area contributed by atoms with E-state index >= 15 is 0 Å². The minimum atomic E-state index is -0.447. The van der Waals surface area contributed by atoms with Crippen molar-refractivity contribution in [2.45, 2.75) is 0 Å². The van der Waals surface area contributed by atoms with Crippen molar-refractivity contribution >= 4 is 11.6 Å². The summed E-state index contributed by atoms with van der Waals surface area (Å²) in [6.07, 6.45) is 1.44. The summed E-state index contributed by atoms with van der Waals surface area (Å²) in [6, 6.07) is 5.16. The second kappa shape index (κ2) is 3.82. The highest BCUT2D eigenvalue weighted by molar-refractivity contribution is 6.28. The van der Waals surface area contributed by atoms with Crippen LogP contribution in [0.1, 0.15) is 0 Å². The molecule has 3 nitrogen and oxygen atoms in total. The van der Waals surface area contributed by atoms with Gasteiger partial charge in [0.25, 0.3) is 0 Å². The fourth-order valence-corrected chi connectivity index (χ4v) is 1.35. The van der Waals surface area contributed by atoms with Gasteiger partial charge in [0.05, 0.1) is 5.69 Å². The molecule has 0 saturated carbocycles. The van der Waals surface area contributed by atoms with Crippen LogP contribution in [0.15, 0.2) is 30.5 Å². The Balaban J connectivity index is 2.58. The highest BCUT2D eigenvalue weighted by atomic mass is 35.5. The third kappa shape index (κ3) is 2.05. The summed E-state index contributed by atoms with van der Waals surface area (Å²) in [7, 11) is 0. The van der Waals surface area contributed by atoms with E-state index in [0.717, 1.165) is 0 Å². The lowest BCUT2D eigenvalue weighted by Gasteiger charge is -2.03. The van der Waals surface area contributed by atoms with Gasteiger partial charge < -0.3 is 5.11 Å². The number of benzene rings is 1. The minimum Gasteiger partial charge on any atom is -0.507 e. The molecule has 0 bridgehead atoms. The number of hydrogen-bond acceptors (Lipinski definition) is 3. The predicted octanol–water partition coefficient (Wildman–Crippen LogP) is 2.64. The monoisotopic (exact) mass is 224 g/mol. The van der Waals surface area contributed by atoms with Crippen molar-refractivity contribution in [2.75, 3.05) is 0 Å². The van der Waals surface area contributed by atoms with E-state index in [2.05, 4.69) is 9.97 Å². The van der Waals surface area contributed by atoms with Crippen molar-refractivity contribution in [1.82, 2.24) is 9.97 Å². The zero-order valence-corrected chi connectivity index (χ0v) is 8.24. The molecule has 0 unspecified atom stereocenters. The molecule has 0 radical (unpaired) electrons. The van der Waals surface area contributed by atoms with Crippen molar-refractivity contribution in [3.05, 3.63) is 41.6 Å². The van der Waals surface area contributed by atoms with E-state index in [1.165, 1.54) is 24.4 Å². The minimum absolute atomic E-state index is 0.0498. The van der Waals surface area contributed by atoms with E-state index in [-0.39, 0.29) is 11.0 Å². The van der Waals surface area contributed by atoms with Crippen LogP contribution in [0, 0.1) is 5.82 Å². The van der Waals surface area contributed by atoms with E-state index in [0.29, 0.717) is 11.3 Å². The van der Waals surface area contributed by atoms with Crippen LogP contribution in [0.5, 0.6) is 5.75 Å². The summed E-state index contributed by atoms with van der Waals surface area (Å²) in [5.41, 5.74) is 0.673. The second-order valence-corrected chi connectivity index (χ2v) is 3.21. The van der Waals surface area contributed by atoms with E-state index < -0.39 is 5.82 Å². The van der Waals surface area contributed by atoms with Crippen LogP contribution in [0.4, 0.5) is 4.39 Å². The van der Waals surface area contributed by atoms with Gasteiger partial charge in [0, 0.05) is 11.8 Å². The first-order chi connectivity index (χ1) is 7.16. The molecule has 76 valence electrons. The SMILES string of the molecule is Oc1ccc(F)cc1-c1ccnc(Cl)n1. The zero-order valence-electron chi connectivity index (χ0n) is 7.48. The molecule has 2 rings (SSSR count). The molecule has 0 saturated heterocycles. The molecule has 1 aromatic carbocycles. The van der Waals surface area contributed by atoms with Crippen LogP contribution in [0.2, 0.25) is 5.28 Å². The number of aromatic hydroxyl groups is 1. The summed E-state index contributed by atoms with van der Waals surface area (Å²) in [5.74, 6) is -0.497. The highest BCUT2D eigenvalue weighted by Gasteiger charge is 2.07. The lowest BCUT2D eigenvalue weighted by atomic mass is 10.1. The van der Waals surface area contributed by atoms with Gasteiger partial charge in [-0.15, -0.1) is 0 Å². The van der Waals surface area contributed by atoms with E-state index in [4.69, 9.17) is 11.6 Å². The Morgan fingerprint density at radius 2 is 2.07 bits per heavy atom. The maximum absolute atomic E-state index is 12.9. The van der Waals surface area contributed by atoms with Crippen molar-refractivity contribution < 1.29 is 9.50 Å². The van der Waals surface area contributed by atoms with Gasteiger partial charge in [-0.2, -0.15) is 0 Å². The lowest BCUT2D eigenvalue weighted by Crippen LogP contribution is -1.88. The molecule has 0 aliphatic rings. The summed E-state index contributed by atoms with van der Waals surface area (Å²) >= 11 is 5.59. The molecular weight excluding hydrogens is 219 g/mol. The van der Waals surface area contributed by atoms with Crippen molar-refractivity contribution in [2.24, 2.45) is 0 Å². The molecule has 0 amide bonds. The number of phenolic OH excluding ortho intramolecular Hbond substituents is 1. The Hall–Kier alpha value is -1.68. The van der Waals surface area contributed by atoms with Crippen molar-refractivity contribution in [3.63, 3.8) is 0 Å². The predicted molar refractivity (Wildman–Crippen MR) is 54.1 cm³/mol. The van der Waals surface area contributed by atoms with E-state index in [9.17, 15) is 9.50 Å². The van der Waals surface area contributed by atoms with Gasteiger partial charge >= 0.3 is 0 Å². The molecule has 0 atom stereocenters. The molecule has 15 heavy (non-hydrogen) atoms. The number of nitrogens with zero attached hydrogens (tertiary/aromatic N) is 2. The van der Waals surface area contributed by atoms with Crippen LogP contribution >= 0.6 is 11.6 Å². The zero-order chi connectivity index (χ0) is 10.8. The van der Waals surface area contributed by atoms with Crippen LogP contribution in [-0.2, 0) is 0 Å². The van der Waals surface area contributed by atoms with Crippen LogP contribution in [0.25, 0.3) is 11.3 Å². The largest absolute Gasteiger partial charge is 0.507 e. The molecule has 1 heterocycles. The average molecular weight is 225 g/mol. The first kappa shape index (κ1) is 9.86. The van der Waals surface area contributed by atoms with Crippen LogP contribution in [-0.4, -0.2) is 15.1 Å². The summed E-state index contributed by atoms with van der Waals surface area (Å²) in [5, 5.41) is 9.56. The van der Waals surface area contributed by atoms with Gasteiger partial charge in [-0.1, -0.05) is 0 Å². The number of aromatic nitrogens is 2. The average Bonchev–Trinajstić information content (AvgIpc) is 2.22. The third-order valence-electron chi connectivity index (χ3n) is 1.86. The Labute approximate surface area is 90.2 Å². The molecule has 0 aliphatic heterocycles. The van der Waals surface area contributed by atoms with E-state index in [1.807, 2.05) is 0 Å². The molecule has 0 fully saturated rings. The maximum Gasteiger partial charge on any atom is 0.222 e. The number of phenols is 1. The molecule has 2 aromatic rings. The van der Waals surface area contributed by atoms with Gasteiger partial charge in [-0.05, 0) is 35.9 Å². The standard InChI is InChI=1S/C10H6ClFN2O/c11-10-13-4-3-8(14-10)7-5-6(12)1-2-9(7)15/h1-5,15H. The van der Waals surface area contributed by atoms with Gasteiger partial charge in [-0.3, -0.25) is 0 Å². The Morgan fingerprint density at radius 1 is 1.27 bits per heavy atom. The van der Waals surface area contributed by atoms with Crippen LogP contribution in [0.3, 0.4) is 0 Å². The molecule has 1 N–H and O–H groups in total. The third-order valence-corrected chi connectivity index (χ3v) is 2.04. The number of halogens is 2. The number of rotatable bonds is 1. The highest BCUT2D eigenvalue weighted by Crippen LogP contribution is 2.28. The van der Waals surface area contributed by atoms with Crippen LogP contribution < -0.4 is 0 Å². The Kier molecular flexibility index (Phi) is 2.51. The number of hydrogen-bond donors (Lipinski definition) is 1. The van der Waals surface area contributed by atoms with Gasteiger partial charge in [0.2, 0.25) is 5.28 Å². The van der Waals surface area contributed by atoms with Gasteiger partial charge in [-0.25, -0.2) is 14.4 Å². The molecular formula is C10H6ClFN2O. The van der Waals surface area contributed by atoms with E-state index in [1.54, 1.807) is 6.07 Å². The fraction of sp³-hybridized carbons (Fsp3) is 0. The molecule has 0 spiro atoms. The summed E-state index contributed by atoms with van der Waals surface area (Å²) in [4.78, 5) is 7.57. The maximum atomic E-state index is 12.9. The fourth-order valence-electron chi connectivity index (χ4n) is 1.20. The summed E-state index contributed by atoms with van der Waals surface area (Å²) < 4.78 is 12.9. The Bertz CT molecular complexity index is 505. The van der Waals surface area contributed by atoms with Crippen molar-refractivity contribution in [1.29, 1.82) is 0 Å². The Morgan fingerprint density at radius 3 is 2.80 bits per heavy atom. The quantitative estimate of drug-likeness (QED) is 0.758. The normalized spacial score (nSPS) is 10.3. The molecule has 1 aromatic heterocycles. The first-order valence-electron chi connectivity index (χ1n) is 4.14. The second-order valence-electron chi connectivity index (χ2n) is 2.87. The first-order valence-corrected chi connectivity index (χ1v) is 4.52. The summed E-state index contributed by atoms with van der Waals surface area (Å²) in [6.45, 7) is 0. The van der Waals surface area contributed by atoms with Crippen molar-refractivity contribution in [3.8, 4) is 17.0 Å². The lowest BCUT2D eigenvalue weighted by molar-refractivity contribution is 0.475. The molecule has 0 aliphatic carbocycles. The topological polar surface area (TPSA) is 46.0 Å². The van der Waals surface area contributed by atoms with Gasteiger partial charge in [0.1, 0.15) is 11.6 Å². The van der Waals surface area contributed by atoms with Gasteiger partial charge in [0.15, 0.2) is 0 Å². The smallest absolute Gasteiger partial charge is 0.222 e. The molecule has 5 heteroatoms.